The average Bonchev–Trinajstić information content (AvgIpc) is 4.20. The van der Waals surface area contributed by atoms with Gasteiger partial charge in [0.15, 0.2) is 0 Å². The lowest BCUT2D eigenvalue weighted by molar-refractivity contribution is 1.13. The molecule has 2 aliphatic carbocycles. The Morgan fingerprint density at radius 3 is 1.38 bits per heavy atom. The first-order valence-corrected chi connectivity index (χ1v) is 23.6. The second kappa shape index (κ2) is 16.5. The second-order valence-electron chi connectivity index (χ2n) is 16.2. The summed E-state index contributed by atoms with van der Waals surface area (Å²) in [5.74, 6) is 5.10. The van der Waals surface area contributed by atoms with Gasteiger partial charge >= 0.3 is 0 Å². The molecular formula is C60H50S. The fourth-order valence-electron chi connectivity index (χ4n) is 9.64. The molecule has 0 bridgehead atoms. The SMILES string of the molecule is C=S(C)c1ccc(-c2c3ccccc3c(-c3c4c(c(-c5ccc(C6CC6)cc5-c5ccccc5)c5ccccc35)C=CCC=C4)c3ccccc23)c(-c2ccccc2)c1.CC. The Labute approximate surface area is 363 Å². The minimum atomic E-state index is -0.118. The van der Waals surface area contributed by atoms with Crippen molar-refractivity contribution < 1.29 is 0 Å². The summed E-state index contributed by atoms with van der Waals surface area (Å²) in [5.41, 5.74) is 16.8. The zero-order valence-electron chi connectivity index (χ0n) is 35.3. The van der Waals surface area contributed by atoms with E-state index in [1.54, 1.807) is 0 Å². The summed E-state index contributed by atoms with van der Waals surface area (Å²) < 4.78 is 0. The number of benzene rings is 9. The number of hydrogen-bond acceptors (Lipinski definition) is 0. The zero-order valence-corrected chi connectivity index (χ0v) is 36.1. The Bertz CT molecular complexity index is 3140. The fourth-order valence-corrected chi connectivity index (χ4v) is 10.3. The van der Waals surface area contributed by atoms with E-state index in [1.807, 2.05) is 13.8 Å². The minimum Gasteiger partial charge on any atom is -0.165 e. The van der Waals surface area contributed by atoms with Crippen LogP contribution in [0, 0.1) is 0 Å². The van der Waals surface area contributed by atoms with E-state index in [9.17, 15) is 0 Å². The van der Waals surface area contributed by atoms with Crippen LogP contribution in [0.15, 0.2) is 187 Å². The number of fused-ring (bicyclic) bond motifs is 4. The largest absolute Gasteiger partial charge is 0.165 e. The van der Waals surface area contributed by atoms with E-state index in [0.29, 0.717) is 5.92 Å². The van der Waals surface area contributed by atoms with Crippen LogP contribution < -0.4 is 0 Å². The van der Waals surface area contributed by atoms with Crippen LogP contribution in [-0.4, -0.2) is 12.1 Å². The highest BCUT2D eigenvalue weighted by molar-refractivity contribution is 8.13. The van der Waals surface area contributed by atoms with Crippen molar-refractivity contribution in [3.8, 4) is 55.6 Å². The highest BCUT2D eigenvalue weighted by Gasteiger charge is 2.28. The third kappa shape index (κ3) is 6.88. The van der Waals surface area contributed by atoms with Crippen LogP contribution in [0.5, 0.6) is 0 Å². The summed E-state index contributed by atoms with van der Waals surface area (Å²) in [6, 6.07) is 63.6. The highest BCUT2D eigenvalue weighted by atomic mass is 32.2. The molecule has 1 fully saturated rings. The summed E-state index contributed by atoms with van der Waals surface area (Å²) in [4.78, 5) is 1.27. The predicted octanol–water partition coefficient (Wildman–Crippen LogP) is 17.5. The molecule has 0 radical (unpaired) electrons. The average molecular weight is 803 g/mol. The van der Waals surface area contributed by atoms with E-state index in [0.717, 1.165) is 6.42 Å². The molecular weight excluding hydrogens is 753 g/mol. The van der Waals surface area contributed by atoms with Gasteiger partial charge in [0.2, 0.25) is 0 Å². The van der Waals surface area contributed by atoms with Crippen LogP contribution in [0.2, 0.25) is 0 Å². The van der Waals surface area contributed by atoms with Crippen LogP contribution in [0.3, 0.4) is 0 Å². The maximum Gasteiger partial charge on any atom is 0.00151 e. The second-order valence-corrected chi connectivity index (χ2v) is 17.9. The van der Waals surface area contributed by atoms with Crippen LogP contribution in [0.1, 0.15) is 55.7 Å². The van der Waals surface area contributed by atoms with Gasteiger partial charge in [0, 0.05) is 4.90 Å². The van der Waals surface area contributed by atoms with E-state index in [1.165, 1.54) is 122 Å². The molecule has 9 aromatic carbocycles. The minimum absolute atomic E-state index is 0.118. The van der Waals surface area contributed by atoms with Crippen LogP contribution in [0.25, 0.3) is 100 Å². The Morgan fingerprint density at radius 2 is 0.852 bits per heavy atom. The molecule has 0 heterocycles. The lowest BCUT2D eigenvalue weighted by Crippen LogP contribution is -1.99. The molecule has 61 heavy (non-hydrogen) atoms. The predicted molar refractivity (Wildman–Crippen MR) is 271 cm³/mol. The molecule has 0 spiro atoms. The molecule has 9 aromatic rings. The smallest absolute Gasteiger partial charge is 0.00151 e. The van der Waals surface area contributed by atoms with Gasteiger partial charge in [-0.1, -0.05) is 202 Å². The lowest BCUT2D eigenvalue weighted by Gasteiger charge is -2.25. The van der Waals surface area contributed by atoms with E-state index >= 15 is 0 Å². The monoisotopic (exact) mass is 802 g/mol. The molecule has 0 aromatic heterocycles. The maximum atomic E-state index is 4.43. The molecule has 0 amide bonds. The summed E-state index contributed by atoms with van der Waals surface area (Å²) in [5, 5.41) is 7.59. The van der Waals surface area contributed by atoms with E-state index in [-0.39, 0.29) is 10.5 Å². The summed E-state index contributed by atoms with van der Waals surface area (Å²) >= 11 is 0. The van der Waals surface area contributed by atoms with Crippen molar-refractivity contribution in [3.63, 3.8) is 0 Å². The first-order valence-electron chi connectivity index (χ1n) is 21.8. The van der Waals surface area contributed by atoms with Crippen LogP contribution >= 0.6 is 10.5 Å². The van der Waals surface area contributed by atoms with Gasteiger partial charge in [-0.15, -0.1) is 0 Å². The van der Waals surface area contributed by atoms with Gasteiger partial charge in [0.05, 0.1) is 0 Å². The van der Waals surface area contributed by atoms with Crippen molar-refractivity contribution >= 4 is 60.8 Å². The van der Waals surface area contributed by atoms with Crippen molar-refractivity contribution in [1.29, 1.82) is 0 Å². The standard InChI is InChI=1S/C58H44S.C2H6/c1-59(2)42-33-35-52(54(37-42)40-20-8-4-9-21-40)56-45-25-13-16-28-49(45)58(50-29-17-14-26-46(50)56)57-47-23-11-5-10-22-43(47)55(44-24-12-15-27-48(44)57)51-34-32-41(38-30-31-38)36-53(51)39-18-6-3-7-19-39;1-2/h3-4,6-29,32-38H,1,5,30-31H2,2H3;1-2H3. The lowest BCUT2D eigenvalue weighted by atomic mass is 9.78. The van der Waals surface area contributed by atoms with Gasteiger partial charge < -0.3 is 0 Å². The summed E-state index contributed by atoms with van der Waals surface area (Å²) in [6.45, 7) is 4.00. The normalized spacial score (nSPS) is 13.8. The fraction of sp³-hybridized carbons (Fsp3) is 0.117. The third-order valence-electron chi connectivity index (χ3n) is 12.5. The molecule has 2 aliphatic rings. The molecule has 0 N–H and O–H groups in total. The Kier molecular flexibility index (Phi) is 10.4. The molecule has 11 rings (SSSR count). The van der Waals surface area contributed by atoms with Gasteiger partial charge in [-0.05, 0) is 148 Å². The van der Waals surface area contributed by atoms with E-state index in [4.69, 9.17) is 0 Å². The maximum absolute atomic E-state index is 4.43. The number of hydrogen-bond donors (Lipinski definition) is 0. The molecule has 1 saturated carbocycles. The molecule has 0 aliphatic heterocycles. The van der Waals surface area contributed by atoms with Crippen LogP contribution in [0.4, 0.5) is 0 Å². The molecule has 0 nitrogen and oxygen atoms in total. The Morgan fingerprint density at radius 1 is 0.426 bits per heavy atom. The Hall–Kier alpha value is -6.54. The topological polar surface area (TPSA) is 0 Å². The van der Waals surface area contributed by atoms with E-state index in [2.05, 4.69) is 206 Å². The molecule has 1 unspecified atom stereocenters. The third-order valence-corrected chi connectivity index (χ3v) is 13.6. The molecule has 0 saturated heterocycles. The summed E-state index contributed by atoms with van der Waals surface area (Å²) in [6.07, 6.45) is 15.2. The van der Waals surface area contributed by atoms with Crippen molar-refractivity contribution in [2.75, 3.05) is 6.26 Å². The van der Waals surface area contributed by atoms with Gasteiger partial charge in [-0.25, -0.2) is 0 Å². The number of rotatable bonds is 7. The molecule has 1 atom stereocenters. The van der Waals surface area contributed by atoms with Gasteiger partial charge in [0.1, 0.15) is 0 Å². The molecule has 1 heteroatoms. The van der Waals surface area contributed by atoms with E-state index < -0.39 is 0 Å². The number of allylic oxidation sites excluding steroid dienone is 2. The highest BCUT2D eigenvalue weighted by Crippen LogP contribution is 2.53. The van der Waals surface area contributed by atoms with Gasteiger partial charge in [0.25, 0.3) is 0 Å². The summed E-state index contributed by atoms with van der Waals surface area (Å²) in [7, 11) is -0.118. The van der Waals surface area contributed by atoms with Crippen molar-refractivity contribution in [2.45, 2.75) is 43.9 Å². The van der Waals surface area contributed by atoms with Crippen molar-refractivity contribution in [3.05, 3.63) is 199 Å². The molecule has 296 valence electrons. The van der Waals surface area contributed by atoms with Gasteiger partial charge in [-0.3, -0.25) is 0 Å². The first kappa shape index (κ1) is 38.6. The van der Waals surface area contributed by atoms with Crippen molar-refractivity contribution in [2.24, 2.45) is 0 Å². The Balaban J connectivity index is 0.00000220. The first-order chi connectivity index (χ1) is 30.1. The van der Waals surface area contributed by atoms with Gasteiger partial charge in [-0.2, -0.15) is 10.5 Å². The zero-order chi connectivity index (χ0) is 41.5. The van der Waals surface area contributed by atoms with Crippen LogP contribution in [-0.2, 0) is 0 Å². The van der Waals surface area contributed by atoms with Crippen molar-refractivity contribution in [1.82, 2.24) is 0 Å². The quantitative estimate of drug-likeness (QED) is 0.111.